The number of hydrogen-bond acceptors (Lipinski definition) is 5. The molecule has 0 saturated heterocycles. The standard InChI is InChI=1S/C8H10N6/c1-13(2)7-3-8(11-5-10-7)14-6-9-4-12-14/h3-6H,1-2H3. The zero-order valence-electron chi connectivity index (χ0n) is 7.99. The first-order valence-corrected chi connectivity index (χ1v) is 4.12. The first kappa shape index (κ1) is 8.61. The molecule has 0 aromatic carbocycles. The lowest BCUT2D eigenvalue weighted by Crippen LogP contribution is -2.11. The molecule has 2 aromatic rings. The van der Waals surface area contributed by atoms with Crippen LogP contribution in [0.4, 0.5) is 5.82 Å². The fourth-order valence-corrected chi connectivity index (χ4v) is 1.03. The third-order valence-corrected chi connectivity index (χ3v) is 1.75. The van der Waals surface area contributed by atoms with E-state index in [0.29, 0.717) is 5.82 Å². The summed E-state index contributed by atoms with van der Waals surface area (Å²) in [5.74, 6) is 1.55. The Hall–Kier alpha value is -1.98. The van der Waals surface area contributed by atoms with Crippen molar-refractivity contribution >= 4 is 5.82 Å². The van der Waals surface area contributed by atoms with E-state index >= 15 is 0 Å². The van der Waals surface area contributed by atoms with Crippen molar-refractivity contribution in [3.8, 4) is 5.82 Å². The molecule has 14 heavy (non-hydrogen) atoms. The fraction of sp³-hybridized carbons (Fsp3) is 0.250. The molecule has 0 atom stereocenters. The second-order valence-electron chi connectivity index (χ2n) is 2.97. The van der Waals surface area contributed by atoms with Crippen molar-refractivity contribution in [3.05, 3.63) is 25.0 Å². The molecule has 2 rings (SSSR count). The van der Waals surface area contributed by atoms with Crippen LogP contribution < -0.4 is 4.90 Å². The first-order valence-electron chi connectivity index (χ1n) is 4.12. The zero-order valence-corrected chi connectivity index (χ0v) is 7.99. The van der Waals surface area contributed by atoms with E-state index in [2.05, 4.69) is 20.1 Å². The molecule has 2 heterocycles. The van der Waals surface area contributed by atoms with Gasteiger partial charge in [-0.3, -0.25) is 0 Å². The summed E-state index contributed by atoms with van der Waals surface area (Å²) in [5.41, 5.74) is 0. The minimum atomic E-state index is 0.709. The molecule has 6 nitrogen and oxygen atoms in total. The molecule has 0 bridgehead atoms. The Bertz CT molecular complexity index is 408. The quantitative estimate of drug-likeness (QED) is 0.673. The van der Waals surface area contributed by atoms with E-state index in [0.717, 1.165) is 5.82 Å². The van der Waals surface area contributed by atoms with Crippen LogP contribution in [0.3, 0.4) is 0 Å². The van der Waals surface area contributed by atoms with Gasteiger partial charge in [-0.15, -0.1) is 0 Å². The highest BCUT2D eigenvalue weighted by Crippen LogP contribution is 2.09. The molecule has 0 saturated carbocycles. The fourth-order valence-electron chi connectivity index (χ4n) is 1.03. The lowest BCUT2D eigenvalue weighted by atomic mass is 10.5. The normalized spacial score (nSPS) is 10.1. The molecule has 0 fully saturated rings. The second kappa shape index (κ2) is 3.41. The third kappa shape index (κ3) is 1.54. The van der Waals surface area contributed by atoms with Crippen LogP contribution in [0.25, 0.3) is 5.82 Å². The topological polar surface area (TPSA) is 59.7 Å². The van der Waals surface area contributed by atoms with Crippen molar-refractivity contribution < 1.29 is 0 Å². The van der Waals surface area contributed by atoms with Crippen molar-refractivity contribution in [2.24, 2.45) is 0 Å². The molecular weight excluding hydrogens is 180 g/mol. The summed E-state index contributed by atoms with van der Waals surface area (Å²) in [4.78, 5) is 13.9. The number of rotatable bonds is 2. The number of nitrogens with zero attached hydrogens (tertiary/aromatic N) is 6. The van der Waals surface area contributed by atoms with Gasteiger partial charge in [0.15, 0.2) is 5.82 Å². The molecule has 0 amide bonds. The van der Waals surface area contributed by atoms with E-state index in [4.69, 9.17) is 0 Å². The van der Waals surface area contributed by atoms with Crippen molar-refractivity contribution in [1.82, 2.24) is 24.7 Å². The summed E-state index contributed by atoms with van der Waals surface area (Å²) in [7, 11) is 3.85. The van der Waals surface area contributed by atoms with Gasteiger partial charge in [-0.2, -0.15) is 5.10 Å². The Morgan fingerprint density at radius 3 is 2.71 bits per heavy atom. The zero-order chi connectivity index (χ0) is 9.97. The van der Waals surface area contributed by atoms with Gasteiger partial charge in [0.05, 0.1) is 0 Å². The maximum Gasteiger partial charge on any atom is 0.160 e. The van der Waals surface area contributed by atoms with E-state index in [9.17, 15) is 0 Å². The van der Waals surface area contributed by atoms with Gasteiger partial charge in [0.2, 0.25) is 0 Å². The summed E-state index contributed by atoms with van der Waals surface area (Å²) in [6.07, 6.45) is 4.57. The molecule has 72 valence electrons. The molecule has 0 aliphatic heterocycles. The lowest BCUT2D eigenvalue weighted by molar-refractivity contribution is 0.834. The monoisotopic (exact) mass is 190 g/mol. The number of anilines is 1. The second-order valence-corrected chi connectivity index (χ2v) is 2.97. The van der Waals surface area contributed by atoms with Gasteiger partial charge in [0, 0.05) is 20.2 Å². The Kier molecular flexibility index (Phi) is 2.10. The van der Waals surface area contributed by atoms with Gasteiger partial charge < -0.3 is 4.90 Å². The summed E-state index contributed by atoms with van der Waals surface area (Å²) in [5, 5.41) is 3.98. The SMILES string of the molecule is CN(C)c1cc(-n2cncn2)ncn1. The van der Waals surface area contributed by atoms with Crippen LogP contribution in [-0.2, 0) is 0 Å². The van der Waals surface area contributed by atoms with Crippen LogP contribution in [0.15, 0.2) is 25.0 Å². The highest BCUT2D eigenvalue weighted by atomic mass is 15.3. The predicted octanol–water partition coefficient (Wildman–Crippen LogP) is 0.123. The van der Waals surface area contributed by atoms with Crippen molar-refractivity contribution in [2.45, 2.75) is 0 Å². The van der Waals surface area contributed by atoms with Crippen LogP contribution in [0.5, 0.6) is 0 Å². The molecule has 0 radical (unpaired) electrons. The Labute approximate surface area is 81.2 Å². The molecule has 2 aromatic heterocycles. The van der Waals surface area contributed by atoms with E-state index in [1.807, 2.05) is 25.1 Å². The summed E-state index contributed by atoms with van der Waals surface area (Å²) in [6.45, 7) is 0. The molecular formula is C8H10N6. The maximum atomic E-state index is 4.10. The predicted molar refractivity (Wildman–Crippen MR) is 51.3 cm³/mol. The minimum absolute atomic E-state index is 0.709. The summed E-state index contributed by atoms with van der Waals surface area (Å²) in [6, 6.07) is 1.84. The summed E-state index contributed by atoms with van der Waals surface area (Å²) >= 11 is 0. The summed E-state index contributed by atoms with van der Waals surface area (Å²) < 4.78 is 1.59. The van der Waals surface area contributed by atoms with Gasteiger partial charge in [-0.1, -0.05) is 0 Å². The first-order chi connectivity index (χ1) is 6.77. The minimum Gasteiger partial charge on any atom is -0.363 e. The molecule has 0 spiro atoms. The third-order valence-electron chi connectivity index (χ3n) is 1.75. The van der Waals surface area contributed by atoms with Gasteiger partial charge in [0.25, 0.3) is 0 Å². The number of aromatic nitrogens is 5. The van der Waals surface area contributed by atoms with E-state index in [1.54, 1.807) is 11.0 Å². The van der Waals surface area contributed by atoms with Crippen molar-refractivity contribution in [1.29, 1.82) is 0 Å². The van der Waals surface area contributed by atoms with Gasteiger partial charge in [-0.25, -0.2) is 19.6 Å². The molecule has 0 aliphatic rings. The van der Waals surface area contributed by atoms with Crippen LogP contribution in [0.1, 0.15) is 0 Å². The maximum absolute atomic E-state index is 4.10. The van der Waals surface area contributed by atoms with Crippen molar-refractivity contribution in [3.63, 3.8) is 0 Å². The van der Waals surface area contributed by atoms with Gasteiger partial charge >= 0.3 is 0 Å². The van der Waals surface area contributed by atoms with Crippen LogP contribution in [0.2, 0.25) is 0 Å². The average Bonchev–Trinajstić information content (AvgIpc) is 2.71. The molecule has 6 heteroatoms. The average molecular weight is 190 g/mol. The molecule has 0 N–H and O–H groups in total. The molecule has 0 unspecified atom stereocenters. The van der Waals surface area contributed by atoms with Crippen molar-refractivity contribution in [2.75, 3.05) is 19.0 Å². The van der Waals surface area contributed by atoms with E-state index in [1.165, 1.54) is 12.7 Å². The Balaban J connectivity index is 2.41. The Morgan fingerprint density at radius 2 is 2.07 bits per heavy atom. The highest BCUT2D eigenvalue weighted by Gasteiger charge is 2.02. The van der Waals surface area contributed by atoms with Crippen LogP contribution in [-0.4, -0.2) is 38.8 Å². The molecule has 0 aliphatic carbocycles. The number of hydrogen-bond donors (Lipinski definition) is 0. The van der Waals surface area contributed by atoms with E-state index < -0.39 is 0 Å². The van der Waals surface area contributed by atoms with Gasteiger partial charge in [0.1, 0.15) is 24.8 Å². The lowest BCUT2D eigenvalue weighted by Gasteiger charge is -2.10. The van der Waals surface area contributed by atoms with Gasteiger partial charge in [-0.05, 0) is 0 Å². The highest BCUT2D eigenvalue weighted by molar-refractivity contribution is 5.41. The smallest absolute Gasteiger partial charge is 0.160 e. The Morgan fingerprint density at radius 1 is 1.21 bits per heavy atom. The van der Waals surface area contributed by atoms with Crippen LogP contribution in [0, 0.1) is 0 Å². The van der Waals surface area contributed by atoms with Crippen LogP contribution >= 0.6 is 0 Å². The largest absolute Gasteiger partial charge is 0.363 e. The van der Waals surface area contributed by atoms with E-state index in [-0.39, 0.29) is 0 Å².